The van der Waals surface area contributed by atoms with Crippen LogP contribution in [0.15, 0.2) is 60.7 Å². The van der Waals surface area contributed by atoms with Crippen LogP contribution in [0.3, 0.4) is 0 Å². The quantitative estimate of drug-likeness (QED) is 0.538. The summed E-state index contributed by atoms with van der Waals surface area (Å²) in [5.41, 5.74) is 2.36. The van der Waals surface area contributed by atoms with Gasteiger partial charge in [-0.05, 0) is 49.3 Å². The van der Waals surface area contributed by atoms with E-state index in [4.69, 9.17) is 17.0 Å². The highest BCUT2D eigenvalue weighted by molar-refractivity contribution is 7.80. The lowest BCUT2D eigenvalue weighted by Crippen LogP contribution is -2.30. The third kappa shape index (κ3) is 6.26. The average molecular weight is 356 g/mol. The monoisotopic (exact) mass is 355 g/mol. The van der Waals surface area contributed by atoms with E-state index in [2.05, 4.69) is 67.3 Å². The molecule has 3 heteroatoms. The van der Waals surface area contributed by atoms with Gasteiger partial charge in [0.1, 0.15) is 6.61 Å². The lowest BCUT2D eigenvalue weighted by molar-refractivity contribution is 0.202. The van der Waals surface area contributed by atoms with Gasteiger partial charge in [-0.1, -0.05) is 74.5 Å². The highest BCUT2D eigenvalue weighted by Crippen LogP contribution is 2.26. The Morgan fingerprint density at radius 3 is 1.76 bits per heavy atom. The Hall–Kier alpha value is -1.71. The SMILES string of the molecule is CCCN(CCC)CCOC(=S)C(c1ccccc1)c1ccccc1. The van der Waals surface area contributed by atoms with E-state index in [0.717, 1.165) is 19.6 Å². The molecule has 0 fully saturated rings. The van der Waals surface area contributed by atoms with E-state index in [9.17, 15) is 0 Å². The fourth-order valence-corrected chi connectivity index (χ4v) is 3.44. The molecule has 0 radical (unpaired) electrons. The molecule has 0 aliphatic heterocycles. The molecule has 0 aliphatic carbocycles. The van der Waals surface area contributed by atoms with E-state index in [1.165, 1.54) is 24.0 Å². The molecule has 0 saturated carbocycles. The smallest absolute Gasteiger partial charge is 0.171 e. The predicted octanol–water partition coefficient (Wildman–Crippen LogP) is 5.28. The minimum absolute atomic E-state index is 0.00296. The van der Waals surface area contributed by atoms with Crippen molar-refractivity contribution in [1.82, 2.24) is 4.90 Å². The molecular formula is C22H29NOS. The zero-order valence-corrected chi connectivity index (χ0v) is 16.2. The van der Waals surface area contributed by atoms with Crippen LogP contribution < -0.4 is 0 Å². The van der Waals surface area contributed by atoms with E-state index in [0.29, 0.717) is 11.7 Å². The number of rotatable bonds is 10. The zero-order valence-electron chi connectivity index (χ0n) is 15.4. The molecule has 2 aromatic carbocycles. The Labute approximate surface area is 157 Å². The van der Waals surface area contributed by atoms with E-state index in [1.807, 2.05) is 12.1 Å². The van der Waals surface area contributed by atoms with Crippen LogP contribution in [-0.2, 0) is 4.74 Å². The Morgan fingerprint density at radius 2 is 1.32 bits per heavy atom. The van der Waals surface area contributed by atoms with Crippen molar-refractivity contribution < 1.29 is 4.74 Å². The number of hydrogen-bond donors (Lipinski definition) is 0. The average Bonchev–Trinajstić information content (AvgIpc) is 2.64. The second kappa shape index (κ2) is 11.0. The molecule has 25 heavy (non-hydrogen) atoms. The van der Waals surface area contributed by atoms with Gasteiger partial charge in [-0.15, -0.1) is 0 Å². The van der Waals surface area contributed by atoms with Crippen molar-refractivity contribution >= 4 is 17.3 Å². The molecule has 0 unspecified atom stereocenters. The van der Waals surface area contributed by atoms with Gasteiger partial charge in [-0.2, -0.15) is 0 Å². The van der Waals surface area contributed by atoms with Crippen LogP contribution in [0.1, 0.15) is 43.7 Å². The van der Waals surface area contributed by atoms with Crippen molar-refractivity contribution in [3.63, 3.8) is 0 Å². The first-order valence-electron chi connectivity index (χ1n) is 9.25. The van der Waals surface area contributed by atoms with Crippen LogP contribution in [-0.4, -0.2) is 36.2 Å². The molecule has 0 heterocycles. The third-order valence-corrected chi connectivity index (χ3v) is 4.59. The third-order valence-electron chi connectivity index (χ3n) is 4.23. The predicted molar refractivity (Wildman–Crippen MR) is 110 cm³/mol. The second-order valence-electron chi connectivity index (χ2n) is 6.26. The zero-order chi connectivity index (χ0) is 17.9. The summed E-state index contributed by atoms with van der Waals surface area (Å²) in [4.78, 5) is 2.45. The summed E-state index contributed by atoms with van der Waals surface area (Å²) in [7, 11) is 0. The minimum atomic E-state index is 0.00296. The molecule has 0 spiro atoms. The van der Waals surface area contributed by atoms with Gasteiger partial charge in [0, 0.05) is 6.54 Å². The Balaban J connectivity index is 2.04. The summed E-state index contributed by atoms with van der Waals surface area (Å²) in [5, 5.41) is 0.658. The number of hydrogen-bond acceptors (Lipinski definition) is 3. The van der Waals surface area contributed by atoms with Crippen molar-refractivity contribution in [3.05, 3.63) is 71.8 Å². The number of nitrogens with zero attached hydrogens (tertiary/aromatic N) is 1. The molecule has 0 atom stereocenters. The summed E-state index contributed by atoms with van der Waals surface area (Å²) >= 11 is 5.68. The van der Waals surface area contributed by atoms with Gasteiger partial charge in [0.15, 0.2) is 5.05 Å². The van der Waals surface area contributed by atoms with E-state index in [-0.39, 0.29) is 5.92 Å². The fraction of sp³-hybridized carbons (Fsp3) is 0.409. The van der Waals surface area contributed by atoms with Crippen LogP contribution in [0.5, 0.6) is 0 Å². The van der Waals surface area contributed by atoms with Gasteiger partial charge < -0.3 is 4.74 Å². The summed E-state index contributed by atoms with van der Waals surface area (Å²) in [5.74, 6) is 0.00296. The summed E-state index contributed by atoms with van der Waals surface area (Å²) in [6, 6.07) is 20.8. The summed E-state index contributed by atoms with van der Waals surface area (Å²) < 4.78 is 6.03. The summed E-state index contributed by atoms with van der Waals surface area (Å²) in [6.45, 7) is 8.24. The number of thiocarbonyl (C=S) groups is 1. The van der Waals surface area contributed by atoms with Crippen LogP contribution in [0.4, 0.5) is 0 Å². The largest absolute Gasteiger partial charge is 0.485 e. The van der Waals surface area contributed by atoms with Crippen LogP contribution in [0, 0.1) is 0 Å². The van der Waals surface area contributed by atoms with Gasteiger partial charge in [0.2, 0.25) is 0 Å². The minimum Gasteiger partial charge on any atom is -0.485 e. The van der Waals surface area contributed by atoms with Gasteiger partial charge in [-0.3, -0.25) is 4.90 Å². The maximum atomic E-state index is 6.03. The second-order valence-corrected chi connectivity index (χ2v) is 6.67. The maximum Gasteiger partial charge on any atom is 0.171 e. The molecule has 0 bridgehead atoms. The number of ether oxygens (including phenoxy) is 1. The fourth-order valence-electron chi connectivity index (χ4n) is 3.08. The molecule has 0 aliphatic rings. The van der Waals surface area contributed by atoms with Crippen LogP contribution >= 0.6 is 12.2 Å². The van der Waals surface area contributed by atoms with Crippen molar-refractivity contribution in [1.29, 1.82) is 0 Å². The Morgan fingerprint density at radius 1 is 0.840 bits per heavy atom. The van der Waals surface area contributed by atoms with Crippen molar-refractivity contribution in [2.75, 3.05) is 26.2 Å². The van der Waals surface area contributed by atoms with Crippen molar-refractivity contribution in [3.8, 4) is 0 Å². The van der Waals surface area contributed by atoms with Gasteiger partial charge in [0.25, 0.3) is 0 Å². The Bertz CT molecular complexity index is 569. The van der Waals surface area contributed by atoms with Gasteiger partial charge in [-0.25, -0.2) is 0 Å². The maximum absolute atomic E-state index is 6.03. The van der Waals surface area contributed by atoms with Crippen molar-refractivity contribution in [2.24, 2.45) is 0 Å². The van der Waals surface area contributed by atoms with Gasteiger partial charge in [0.05, 0.1) is 5.92 Å². The molecule has 0 aromatic heterocycles. The first-order valence-corrected chi connectivity index (χ1v) is 9.66. The molecule has 0 saturated heterocycles. The molecule has 2 nitrogen and oxygen atoms in total. The van der Waals surface area contributed by atoms with E-state index >= 15 is 0 Å². The topological polar surface area (TPSA) is 12.5 Å². The molecule has 0 amide bonds. The molecule has 2 rings (SSSR count). The molecular weight excluding hydrogens is 326 g/mol. The molecule has 2 aromatic rings. The van der Waals surface area contributed by atoms with Crippen molar-refractivity contribution in [2.45, 2.75) is 32.6 Å². The number of benzene rings is 2. The normalized spacial score (nSPS) is 11.0. The van der Waals surface area contributed by atoms with Crippen LogP contribution in [0.25, 0.3) is 0 Å². The highest BCUT2D eigenvalue weighted by atomic mass is 32.1. The van der Waals surface area contributed by atoms with Gasteiger partial charge >= 0.3 is 0 Å². The van der Waals surface area contributed by atoms with E-state index in [1.54, 1.807) is 0 Å². The molecule has 134 valence electrons. The first kappa shape index (κ1) is 19.6. The lowest BCUT2D eigenvalue weighted by Gasteiger charge is -2.23. The van der Waals surface area contributed by atoms with E-state index < -0.39 is 0 Å². The van der Waals surface area contributed by atoms with Crippen LogP contribution in [0.2, 0.25) is 0 Å². The highest BCUT2D eigenvalue weighted by Gasteiger charge is 2.20. The summed E-state index contributed by atoms with van der Waals surface area (Å²) in [6.07, 6.45) is 2.34. The standard InChI is InChI=1S/C22H29NOS/c1-3-15-23(16-4-2)17-18-24-22(25)21(19-11-7-5-8-12-19)20-13-9-6-10-14-20/h5-14,21H,3-4,15-18H2,1-2H3. The Kier molecular flexibility index (Phi) is 8.64. The molecule has 0 N–H and O–H groups in total. The lowest BCUT2D eigenvalue weighted by atomic mass is 9.92. The first-order chi connectivity index (χ1) is 12.3.